The van der Waals surface area contributed by atoms with E-state index in [2.05, 4.69) is 27.8 Å². The normalized spacial score (nSPS) is 9.64. The Balaban J connectivity index is 3.05. The first-order chi connectivity index (χ1) is 6.56. The Kier molecular flexibility index (Phi) is 3.98. The average molecular weight is 295 g/mol. The van der Waals surface area contributed by atoms with Gasteiger partial charge in [-0.15, -0.1) is 0 Å². The predicted molar refractivity (Wildman–Crippen MR) is 63.0 cm³/mol. The third kappa shape index (κ3) is 2.50. The molecule has 74 valence electrons. The number of hydrogen-bond donors (Lipinski definition) is 1. The first-order valence-electron chi connectivity index (χ1n) is 3.63. The summed E-state index contributed by atoms with van der Waals surface area (Å²) in [5, 5.41) is 3.20. The monoisotopic (exact) mass is 293 g/mol. The molecule has 1 aromatic carbocycles. The largest absolute Gasteiger partial charge is 0.321 e. The smallest absolute Gasteiger partial charge is 0.247 e. The van der Waals surface area contributed by atoms with Gasteiger partial charge in [0.15, 0.2) is 0 Å². The van der Waals surface area contributed by atoms with E-state index in [1.165, 1.54) is 0 Å². The van der Waals surface area contributed by atoms with Crippen LogP contribution in [-0.2, 0) is 4.79 Å². The molecule has 0 bridgehead atoms. The van der Waals surface area contributed by atoms with Crippen LogP contribution < -0.4 is 5.32 Å². The van der Waals surface area contributed by atoms with Gasteiger partial charge in [-0.3, -0.25) is 4.79 Å². The van der Waals surface area contributed by atoms with E-state index in [-0.39, 0.29) is 5.91 Å². The van der Waals surface area contributed by atoms with E-state index in [0.29, 0.717) is 20.2 Å². The first kappa shape index (κ1) is 11.6. The molecule has 1 aromatic rings. The lowest BCUT2D eigenvalue weighted by atomic mass is 10.3. The van der Waals surface area contributed by atoms with E-state index < -0.39 is 0 Å². The van der Waals surface area contributed by atoms with Crippen LogP contribution >= 0.6 is 39.1 Å². The molecule has 5 heteroatoms. The molecule has 0 spiro atoms. The van der Waals surface area contributed by atoms with Crippen molar-refractivity contribution >= 4 is 50.7 Å². The number of nitrogens with one attached hydrogen (secondary N) is 1. The third-order valence-electron chi connectivity index (χ3n) is 1.48. The van der Waals surface area contributed by atoms with Crippen LogP contribution in [0.1, 0.15) is 0 Å². The molecule has 0 aliphatic rings. The van der Waals surface area contributed by atoms with Gasteiger partial charge in [-0.25, -0.2) is 0 Å². The van der Waals surface area contributed by atoms with E-state index in [0.717, 1.165) is 6.08 Å². The second-order valence-electron chi connectivity index (χ2n) is 2.42. The van der Waals surface area contributed by atoms with Crippen molar-refractivity contribution in [2.45, 2.75) is 0 Å². The van der Waals surface area contributed by atoms with E-state index in [4.69, 9.17) is 23.2 Å². The molecule has 1 N–H and O–H groups in total. The van der Waals surface area contributed by atoms with Gasteiger partial charge < -0.3 is 5.32 Å². The maximum atomic E-state index is 11.0. The Morgan fingerprint density at radius 3 is 2.64 bits per heavy atom. The van der Waals surface area contributed by atoms with Crippen molar-refractivity contribution in [3.05, 3.63) is 39.3 Å². The molecule has 1 rings (SSSR count). The van der Waals surface area contributed by atoms with Gasteiger partial charge in [-0.2, -0.15) is 0 Å². The molecule has 0 heterocycles. The molecule has 0 saturated heterocycles. The Labute approximate surface area is 100 Å². The van der Waals surface area contributed by atoms with Crippen LogP contribution in [0, 0.1) is 0 Å². The zero-order valence-corrected chi connectivity index (χ0v) is 10.1. The lowest BCUT2D eigenvalue weighted by Crippen LogP contribution is -2.07. The van der Waals surface area contributed by atoms with Crippen molar-refractivity contribution in [1.29, 1.82) is 0 Å². The molecule has 0 atom stereocenters. The fraction of sp³-hybridized carbons (Fsp3) is 0. The minimum absolute atomic E-state index is 0.302. The average Bonchev–Trinajstić information content (AvgIpc) is 2.19. The third-order valence-corrected chi connectivity index (χ3v) is 3.25. The van der Waals surface area contributed by atoms with Crippen LogP contribution in [0.25, 0.3) is 0 Å². The highest BCUT2D eigenvalue weighted by molar-refractivity contribution is 9.10. The minimum Gasteiger partial charge on any atom is -0.321 e. The molecule has 1 amide bonds. The van der Waals surface area contributed by atoms with E-state index >= 15 is 0 Å². The van der Waals surface area contributed by atoms with Crippen LogP contribution in [0.3, 0.4) is 0 Å². The molecule has 0 unspecified atom stereocenters. The highest BCUT2D eigenvalue weighted by Gasteiger charge is 2.09. The van der Waals surface area contributed by atoms with E-state index in [9.17, 15) is 4.79 Å². The Morgan fingerprint density at radius 1 is 1.43 bits per heavy atom. The van der Waals surface area contributed by atoms with Crippen molar-refractivity contribution in [2.75, 3.05) is 5.32 Å². The van der Waals surface area contributed by atoms with Crippen molar-refractivity contribution < 1.29 is 4.79 Å². The molecule has 0 saturated carbocycles. The fourth-order valence-corrected chi connectivity index (χ4v) is 1.63. The number of anilines is 1. The molecule has 14 heavy (non-hydrogen) atoms. The van der Waals surface area contributed by atoms with Gasteiger partial charge in [0.25, 0.3) is 0 Å². The zero-order chi connectivity index (χ0) is 10.7. The van der Waals surface area contributed by atoms with Crippen LogP contribution in [-0.4, -0.2) is 5.91 Å². The second-order valence-corrected chi connectivity index (χ2v) is 4.03. The summed E-state index contributed by atoms with van der Waals surface area (Å²) in [6, 6.07) is 3.35. The van der Waals surface area contributed by atoms with Crippen LogP contribution in [0.4, 0.5) is 5.69 Å². The highest BCUT2D eigenvalue weighted by Crippen LogP contribution is 2.35. The molecule has 2 nitrogen and oxygen atoms in total. The highest BCUT2D eigenvalue weighted by atomic mass is 79.9. The lowest BCUT2D eigenvalue weighted by Gasteiger charge is -2.07. The first-order valence-corrected chi connectivity index (χ1v) is 5.18. The predicted octanol–water partition coefficient (Wildman–Crippen LogP) is 3.88. The summed E-state index contributed by atoms with van der Waals surface area (Å²) in [4.78, 5) is 11.0. The topological polar surface area (TPSA) is 29.1 Å². The van der Waals surface area contributed by atoms with Crippen molar-refractivity contribution in [3.8, 4) is 0 Å². The van der Waals surface area contributed by atoms with Gasteiger partial charge in [0.2, 0.25) is 5.91 Å². The quantitative estimate of drug-likeness (QED) is 0.651. The number of benzene rings is 1. The molecule has 0 aliphatic carbocycles. The van der Waals surface area contributed by atoms with Crippen molar-refractivity contribution in [2.24, 2.45) is 0 Å². The molecule has 0 fully saturated rings. The Bertz CT molecular complexity index is 393. The molecule has 0 radical (unpaired) electrons. The molecular weight excluding hydrogens is 289 g/mol. The SMILES string of the molecule is C=CC(=O)Nc1ccc(Br)c(Cl)c1Cl. The number of rotatable bonds is 2. The summed E-state index contributed by atoms with van der Waals surface area (Å²) in [7, 11) is 0. The van der Waals surface area contributed by atoms with Crippen LogP contribution in [0.2, 0.25) is 10.0 Å². The van der Waals surface area contributed by atoms with Gasteiger partial charge >= 0.3 is 0 Å². The number of carbonyl (C=O) groups is 1. The van der Waals surface area contributed by atoms with E-state index in [1.807, 2.05) is 0 Å². The zero-order valence-electron chi connectivity index (χ0n) is 6.98. The molecular formula is C9H6BrCl2NO. The Morgan fingerprint density at radius 2 is 2.07 bits per heavy atom. The lowest BCUT2D eigenvalue weighted by molar-refractivity contribution is -0.111. The van der Waals surface area contributed by atoms with Crippen molar-refractivity contribution in [1.82, 2.24) is 0 Å². The van der Waals surface area contributed by atoms with Crippen LogP contribution in [0.5, 0.6) is 0 Å². The van der Waals surface area contributed by atoms with E-state index in [1.54, 1.807) is 12.1 Å². The van der Waals surface area contributed by atoms with Gasteiger partial charge in [0.05, 0.1) is 15.7 Å². The Hall–Kier alpha value is -0.510. The number of amides is 1. The number of carbonyl (C=O) groups excluding carboxylic acids is 1. The summed E-state index contributed by atoms with van der Waals surface area (Å²) in [5.74, 6) is -0.328. The maximum Gasteiger partial charge on any atom is 0.247 e. The van der Waals surface area contributed by atoms with Gasteiger partial charge in [-0.05, 0) is 34.1 Å². The van der Waals surface area contributed by atoms with Gasteiger partial charge in [0, 0.05) is 4.47 Å². The summed E-state index contributed by atoms with van der Waals surface area (Å²) >= 11 is 15.0. The van der Waals surface area contributed by atoms with Gasteiger partial charge in [0.1, 0.15) is 0 Å². The second kappa shape index (κ2) is 4.82. The van der Waals surface area contributed by atoms with Gasteiger partial charge in [-0.1, -0.05) is 29.8 Å². The minimum atomic E-state index is -0.328. The van der Waals surface area contributed by atoms with Crippen LogP contribution in [0.15, 0.2) is 29.3 Å². The number of halogens is 3. The standard InChI is InChI=1S/C9H6BrCl2NO/c1-2-7(14)13-6-4-3-5(10)8(11)9(6)12/h2-4H,1H2,(H,13,14). The van der Waals surface area contributed by atoms with Crippen molar-refractivity contribution in [3.63, 3.8) is 0 Å². The summed E-state index contributed by atoms with van der Waals surface area (Å²) in [6.45, 7) is 3.33. The molecule has 0 aromatic heterocycles. The summed E-state index contributed by atoms with van der Waals surface area (Å²) in [5.41, 5.74) is 0.463. The summed E-state index contributed by atoms with van der Waals surface area (Å²) < 4.78 is 0.681. The fourth-order valence-electron chi connectivity index (χ4n) is 0.806. The molecule has 0 aliphatic heterocycles. The summed E-state index contributed by atoms with van der Waals surface area (Å²) in [6.07, 6.45) is 1.16. The number of hydrogen-bond acceptors (Lipinski definition) is 1. The maximum absolute atomic E-state index is 11.0.